The summed E-state index contributed by atoms with van der Waals surface area (Å²) >= 11 is 0. The molecule has 0 heterocycles. The van der Waals surface area contributed by atoms with E-state index in [4.69, 9.17) is 4.53 Å². The van der Waals surface area contributed by atoms with Crippen molar-refractivity contribution >= 4 is 16.2 Å². The van der Waals surface area contributed by atoms with Crippen molar-refractivity contribution in [2.24, 2.45) is 0 Å². The molecule has 0 aromatic heterocycles. The van der Waals surface area contributed by atoms with Crippen LogP contribution >= 0.6 is 0 Å². The van der Waals surface area contributed by atoms with Gasteiger partial charge in [-0.1, -0.05) is 32.9 Å². The first kappa shape index (κ1) is 12.3. The van der Waals surface area contributed by atoms with Gasteiger partial charge in [0.05, 0.1) is 5.69 Å². The van der Waals surface area contributed by atoms with Gasteiger partial charge in [0, 0.05) is 7.05 Å². The molecular formula is C12H18NOSi. The van der Waals surface area contributed by atoms with Crippen molar-refractivity contribution in [3.05, 3.63) is 29.3 Å². The Labute approximate surface area is 95.7 Å². The van der Waals surface area contributed by atoms with E-state index in [1.807, 2.05) is 7.05 Å². The maximum Gasteiger partial charge on any atom is 0.291 e. The Balaban J connectivity index is 3.09. The summed E-state index contributed by atoms with van der Waals surface area (Å²) in [6, 6.07) is 6.43. The highest BCUT2D eigenvalue weighted by Gasteiger charge is 2.15. The first-order chi connectivity index (χ1) is 6.86. The fraction of sp³-hybridized carbons (Fsp3) is 0.500. The van der Waals surface area contributed by atoms with Gasteiger partial charge in [0.1, 0.15) is 0 Å². The molecule has 0 saturated carbocycles. The first-order valence-electron chi connectivity index (χ1n) is 5.05. The van der Waals surface area contributed by atoms with Crippen LogP contribution in [0.25, 0.3) is 0 Å². The Morgan fingerprint density at radius 1 is 1.27 bits per heavy atom. The fourth-order valence-corrected chi connectivity index (χ4v) is 1.62. The normalized spacial score (nSPS) is 11.6. The Morgan fingerprint density at radius 2 is 1.87 bits per heavy atom. The molecule has 0 spiro atoms. The zero-order valence-corrected chi connectivity index (χ0v) is 11.1. The lowest BCUT2D eigenvalue weighted by atomic mass is 9.86. The molecule has 1 rings (SSSR count). The summed E-state index contributed by atoms with van der Waals surface area (Å²) in [7, 11) is 4.88. The van der Waals surface area contributed by atoms with E-state index in [0.717, 1.165) is 5.69 Å². The SMILES string of the molecule is Cc1cc(C(C)(C)C)ccc1N(C)O[Si]. The van der Waals surface area contributed by atoms with Crippen LogP contribution < -0.4 is 5.06 Å². The molecule has 0 fully saturated rings. The van der Waals surface area contributed by atoms with E-state index in [1.54, 1.807) is 5.06 Å². The summed E-state index contributed by atoms with van der Waals surface area (Å²) in [6.07, 6.45) is 0. The van der Waals surface area contributed by atoms with Gasteiger partial charge >= 0.3 is 0 Å². The van der Waals surface area contributed by atoms with Crippen molar-refractivity contribution in [1.29, 1.82) is 0 Å². The van der Waals surface area contributed by atoms with Crippen molar-refractivity contribution in [2.45, 2.75) is 33.1 Å². The molecule has 0 aliphatic heterocycles. The monoisotopic (exact) mass is 220 g/mol. The molecule has 0 atom stereocenters. The van der Waals surface area contributed by atoms with Crippen molar-refractivity contribution in [3.63, 3.8) is 0 Å². The summed E-state index contributed by atoms with van der Waals surface area (Å²) in [5.41, 5.74) is 3.81. The number of hydrogen-bond donors (Lipinski definition) is 0. The number of hydrogen-bond acceptors (Lipinski definition) is 2. The fourth-order valence-electron chi connectivity index (χ4n) is 1.52. The summed E-state index contributed by atoms with van der Waals surface area (Å²) in [5.74, 6) is 0. The van der Waals surface area contributed by atoms with Crippen molar-refractivity contribution in [3.8, 4) is 0 Å². The van der Waals surface area contributed by atoms with E-state index < -0.39 is 0 Å². The third-order valence-electron chi connectivity index (χ3n) is 2.54. The topological polar surface area (TPSA) is 12.5 Å². The van der Waals surface area contributed by atoms with Gasteiger partial charge in [-0.15, -0.1) is 0 Å². The van der Waals surface area contributed by atoms with Crippen LogP contribution in [0.2, 0.25) is 0 Å². The van der Waals surface area contributed by atoms with Gasteiger partial charge in [-0.25, -0.2) is 0 Å². The van der Waals surface area contributed by atoms with Gasteiger partial charge in [0.2, 0.25) is 0 Å². The molecule has 3 radical (unpaired) electrons. The van der Waals surface area contributed by atoms with Crippen molar-refractivity contribution < 1.29 is 4.53 Å². The third-order valence-corrected chi connectivity index (χ3v) is 2.81. The van der Waals surface area contributed by atoms with Crippen LogP contribution in [0, 0.1) is 6.92 Å². The number of aryl methyl sites for hydroxylation is 1. The average Bonchev–Trinajstić information content (AvgIpc) is 2.15. The van der Waals surface area contributed by atoms with Crippen molar-refractivity contribution in [2.75, 3.05) is 12.1 Å². The molecule has 1 aromatic rings. The summed E-state index contributed by atoms with van der Waals surface area (Å²) < 4.78 is 4.98. The highest BCUT2D eigenvalue weighted by atomic mass is 28.2. The Kier molecular flexibility index (Phi) is 3.57. The van der Waals surface area contributed by atoms with Crippen LogP contribution in [0.5, 0.6) is 0 Å². The van der Waals surface area contributed by atoms with Gasteiger partial charge in [0.15, 0.2) is 0 Å². The minimum atomic E-state index is 0.191. The van der Waals surface area contributed by atoms with E-state index >= 15 is 0 Å². The molecule has 0 aliphatic carbocycles. The highest BCUT2D eigenvalue weighted by molar-refractivity contribution is 5.98. The second kappa shape index (κ2) is 4.37. The summed E-state index contributed by atoms with van der Waals surface area (Å²) in [4.78, 5) is 0. The number of benzene rings is 1. The minimum absolute atomic E-state index is 0.191. The molecule has 3 heteroatoms. The summed E-state index contributed by atoms with van der Waals surface area (Å²) in [6.45, 7) is 8.73. The molecule has 0 saturated heterocycles. The number of nitrogens with zero attached hydrogens (tertiary/aromatic N) is 1. The minimum Gasteiger partial charge on any atom is -0.322 e. The Morgan fingerprint density at radius 3 is 2.27 bits per heavy atom. The molecule has 15 heavy (non-hydrogen) atoms. The lowest BCUT2D eigenvalue weighted by molar-refractivity contribution is 0.334. The largest absolute Gasteiger partial charge is 0.322 e. The van der Waals surface area contributed by atoms with Crippen LogP contribution in [-0.4, -0.2) is 17.5 Å². The van der Waals surface area contributed by atoms with E-state index in [0.29, 0.717) is 0 Å². The Hall–Kier alpha value is -0.803. The van der Waals surface area contributed by atoms with Crippen LogP contribution in [0.4, 0.5) is 5.69 Å². The van der Waals surface area contributed by atoms with Crippen molar-refractivity contribution in [1.82, 2.24) is 0 Å². The van der Waals surface area contributed by atoms with E-state index in [9.17, 15) is 0 Å². The van der Waals surface area contributed by atoms with Gasteiger partial charge in [0.25, 0.3) is 10.5 Å². The molecule has 0 aliphatic rings. The predicted octanol–water partition coefficient (Wildman–Crippen LogP) is 2.74. The zero-order valence-electron chi connectivity index (χ0n) is 10.1. The highest BCUT2D eigenvalue weighted by Crippen LogP contribution is 2.27. The standard InChI is InChI=1S/C12H18NOSi/c1-9-8-10(12(2,3)4)6-7-11(9)13(5)14-15/h6-8H,1-5H3. The second-order valence-electron chi connectivity index (χ2n) is 4.84. The first-order valence-corrected chi connectivity index (χ1v) is 5.45. The van der Waals surface area contributed by atoms with Crippen LogP contribution in [0.1, 0.15) is 31.9 Å². The molecular weight excluding hydrogens is 202 g/mol. The van der Waals surface area contributed by atoms with E-state index in [1.165, 1.54) is 11.1 Å². The molecule has 0 unspecified atom stereocenters. The van der Waals surface area contributed by atoms with E-state index in [2.05, 4.69) is 56.4 Å². The third kappa shape index (κ3) is 2.83. The van der Waals surface area contributed by atoms with Crippen LogP contribution in [0.15, 0.2) is 18.2 Å². The maximum atomic E-state index is 4.98. The maximum absolute atomic E-state index is 4.98. The van der Waals surface area contributed by atoms with Gasteiger partial charge < -0.3 is 4.53 Å². The Bertz CT molecular complexity index is 344. The van der Waals surface area contributed by atoms with Gasteiger partial charge in [-0.05, 0) is 29.5 Å². The molecule has 2 nitrogen and oxygen atoms in total. The second-order valence-corrected chi connectivity index (χ2v) is 5.02. The van der Waals surface area contributed by atoms with Crippen LogP contribution in [-0.2, 0) is 9.94 Å². The van der Waals surface area contributed by atoms with Gasteiger partial charge in [-0.3, -0.25) is 5.06 Å². The molecule has 81 valence electrons. The number of anilines is 1. The molecule has 0 N–H and O–H groups in total. The number of hydroxylamine groups is 1. The smallest absolute Gasteiger partial charge is 0.291 e. The molecule has 0 amide bonds. The predicted molar refractivity (Wildman–Crippen MR) is 65.1 cm³/mol. The summed E-state index contributed by atoms with van der Waals surface area (Å²) in [5, 5.41) is 1.69. The zero-order chi connectivity index (χ0) is 11.6. The van der Waals surface area contributed by atoms with Gasteiger partial charge in [-0.2, -0.15) is 0 Å². The average molecular weight is 220 g/mol. The molecule has 0 bridgehead atoms. The lowest BCUT2D eigenvalue weighted by Gasteiger charge is -2.23. The quantitative estimate of drug-likeness (QED) is 0.561. The molecule has 1 aromatic carbocycles. The van der Waals surface area contributed by atoms with Crippen LogP contribution in [0.3, 0.4) is 0 Å². The number of rotatable bonds is 2. The van der Waals surface area contributed by atoms with E-state index in [-0.39, 0.29) is 5.41 Å². The lowest BCUT2D eigenvalue weighted by Crippen LogP contribution is -2.18.